The molecule has 2 atom stereocenters. The van der Waals surface area contributed by atoms with Crippen LogP contribution in [0.15, 0.2) is 41.1 Å². The molecule has 0 radical (unpaired) electrons. The molecule has 0 fully saturated rings. The van der Waals surface area contributed by atoms with Crippen LogP contribution in [0.2, 0.25) is 0 Å². The third-order valence-corrected chi connectivity index (χ3v) is 4.05. The Bertz CT molecular complexity index is 712. The lowest BCUT2D eigenvalue weighted by Gasteiger charge is -2.21. The Morgan fingerprint density at radius 3 is 2.30 bits per heavy atom. The zero-order valence-electron chi connectivity index (χ0n) is 12.2. The monoisotopic (exact) mass is 335 g/mol. The van der Waals surface area contributed by atoms with E-state index < -0.39 is 35.4 Å². The summed E-state index contributed by atoms with van der Waals surface area (Å²) in [7, 11) is 0. The van der Waals surface area contributed by atoms with Crippen molar-refractivity contribution in [2.45, 2.75) is 13.0 Å². The lowest BCUT2D eigenvalue weighted by molar-refractivity contribution is -0.141. The van der Waals surface area contributed by atoms with Gasteiger partial charge < -0.3 is 10.4 Å². The molecule has 1 heterocycles. The zero-order valence-corrected chi connectivity index (χ0v) is 13.0. The lowest BCUT2D eigenvalue weighted by Crippen LogP contribution is -2.47. The Balaban J connectivity index is 2.24. The molecule has 2 N–H and O–H groups in total. The topological polar surface area (TPSA) is 83.5 Å². The molecule has 0 saturated carbocycles. The second kappa shape index (κ2) is 7.15. The van der Waals surface area contributed by atoms with Crippen molar-refractivity contribution in [1.82, 2.24) is 5.32 Å². The molecule has 120 valence electrons. The van der Waals surface area contributed by atoms with Gasteiger partial charge in [0.05, 0.1) is 5.92 Å². The smallest absolute Gasteiger partial charge is 0.308 e. The van der Waals surface area contributed by atoms with E-state index in [0.29, 0.717) is 5.56 Å². The van der Waals surface area contributed by atoms with Gasteiger partial charge in [0, 0.05) is 16.5 Å². The van der Waals surface area contributed by atoms with Crippen molar-refractivity contribution in [3.8, 4) is 0 Å². The Morgan fingerprint density at radius 1 is 1.13 bits per heavy atom. The van der Waals surface area contributed by atoms with Crippen LogP contribution in [-0.2, 0) is 4.79 Å². The van der Waals surface area contributed by atoms with Crippen LogP contribution in [0, 0.1) is 11.7 Å². The molecule has 0 bridgehead atoms. The van der Waals surface area contributed by atoms with E-state index >= 15 is 0 Å². The van der Waals surface area contributed by atoms with Crippen LogP contribution in [-0.4, -0.2) is 28.8 Å². The fourth-order valence-corrected chi connectivity index (χ4v) is 2.62. The number of thiophene rings is 1. The Hall–Kier alpha value is -2.54. The molecule has 1 aromatic carbocycles. The number of carbonyl (C=O) groups excluding carboxylic acids is 2. The Kier molecular flexibility index (Phi) is 5.23. The minimum atomic E-state index is -1.21. The van der Waals surface area contributed by atoms with Crippen LogP contribution in [0.3, 0.4) is 0 Å². The summed E-state index contributed by atoms with van der Waals surface area (Å²) in [5.74, 6) is -3.90. The summed E-state index contributed by atoms with van der Waals surface area (Å²) in [5.41, 5.74) is 0.486. The number of hydrogen-bond donors (Lipinski definition) is 2. The number of benzene rings is 1. The number of halogens is 1. The average Bonchev–Trinajstić information content (AvgIpc) is 3.06. The number of carboxylic acid groups (broad SMARTS) is 1. The fraction of sp³-hybridized carbons (Fsp3) is 0.188. The first-order valence-corrected chi connectivity index (χ1v) is 7.70. The first kappa shape index (κ1) is 16.8. The summed E-state index contributed by atoms with van der Waals surface area (Å²) in [5, 5.41) is 14.9. The molecule has 0 spiro atoms. The van der Waals surface area contributed by atoms with Crippen molar-refractivity contribution in [3.05, 3.63) is 58.0 Å². The highest BCUT2D eigenvalue weighted by molar-refractivity contribution is 7.08. The normalized spacial score (nSPS) is 13.1. The maximum atomic E-state index is 12.9. The van der Waals surface area contributed by atoms with Crippen molar-refractivity contribution in [1.29, 1.82) is 0 Å². The summed E-state index contributed by atoms with van der Waals surface area (Å²) in [6.45, 7) is 1.35. The van der Waals surface area contributed by atoms with Gasteiger partial charge in [-0.25, -0.2) is 4.39 Å². The molecule has 23 heavy (non-hydrogen) atoms. The summed E-state index contributed by atoms with van der Waals surface area (Å²) in [6, 6.07) is 5.12. The van der Waals surface area contributed by atoms with Crippen LogP contribution >= 0.6 is 11.3 Å². The van der Waals surface area contributed by atoms with E-state index in [2.05, 4.69) is 5.32 Å². The van der Waals surface area contributed by atoms with Crippen molar-refractivity contribution < 1.29 is 23.9 Å². The van der Waals surface area contributed by atoms with Crippen molar-refractivity contribution in [2.75, 3.05) is 0 Å². The molecular weight excluding hydrogens is 321 g/mol. The molecule has 0 aliphatic rings. The summed E-state index contributed by atoms with van der Waals surface area (Å²) < 4.78 is 12.9. The van der Waals surface area contributed by atoms with E-state index in [4.69, 9.17) is 5.11 Å². The number of aliphatic carboxylic acids is 1. The minimum absolute atomic E-state index is 0.145. The fourth-order valence-electron chi connectivity index (χ4n) is 1.97. The van der Waals surface area contributed by atoms with Gasteiger partial charge in [-0.2, -0.15) is 11.3 Å². The Morgan fingerprint density at radius 2 is 1.78 bits per heavy atom. The third-order valence-electron chi connectivity index (χ3n) is 3.37. The second-order valence-corrected chi connectivity index (χ2v) is 5.74. The number of ketones is 1. The molecule has 2 rings (SSSR count). The molecule has 2 unspecified atom stereocenters. The highest BCUT2D eigenvalue weighted by atomic mass is 32.1. The number of Topliss-reactive ketones (excluding diaryl/α,β-unsaturated/α-hetero) is 1. The van der Waals surface area contributed by atoms with Crippen LogP contribution in [0.25, 0.3) is 0 Å². The van der Waals surface area contributed by atoms with E-state index in [1.165, 1.54) is 30.4 Å². The highest BCUT2D eigenvalue weighted by Crippen LogP contribution is 2.15. The predicted octanol–water partition coefficient (Wildman–Crippen LogP) is 2.59. The minimum Gasteiger partial charge on any atom is -0.481 e. The molecule has 2 aromatic rings. The maximum absolute atomic E-state index is 12.9. The number of amides is 1. The molecule has 1 aromatic heterocycles. The average molecular weight is 335 g/mol. The maximum Gasteiger partial charge on any atom is 0.308 e. The van der Waals surface area contributed by atoms with Crippen molar-refractivity contribution in [3.63, 3.8) is 0 Å². The van der Waals surface area contributed by atoms with Gasteiger partial charge in [0.25, 0.3) is 5.91 Å². The molecule has 7 heteroatoms. The van der Waals surface area contributed by atoms with Gasteiger partial charge in [0.2, 0.25) is 0 Å². The summed E-state index contributed by atoms with van der Waals surface area (Å²) in [6.07, 6.45) is 0. The zero-order chi connectivity index (χ0) is 17.0. The van der Waals surface area contributed by atoms with Gasteiger partial charge in [-0.15, -0.1) is 0 Å². The quantitative estimate of drug-likeness (QED) is 0.795. The first-order valence-electron chi connectivity index (χ1n) is 6.76. The van der Waals surface area contributed by atoms with Gasteiger partial charge in [0.1, 0.15) is 11.9 Å². The van der Waals surface area contributed by atoms with Gasteiger partial charge in [-0.1, -0.05) is 0 Å². The van der Waals surface area contributed by atoms with Gasteiger partial charge in [0.15, 0.2) is 5.78 Å². The number of rotatable bonds is 6. The van der Waals surface area contributed by atoms with E-state index in [0.717, 1.165) is 12.1 Å². The highest BCUT2D eigenvalue weighted by Gasteiger charge is 2.32. The van der Waals surface area contributed by atoms with Crippen molar-refractivity contribution >= 4 is 29.0 Å². The van der Waals surface area contributed by atoms with Crippen LogP contribution in [0.1, 0.15) is 27.6 Å². The first-order chi connectivity index (χ1) is 10.9. The van der Waals surface area contributed by atoms with Crippen LogP contribution in [0.5, 0.6) is 0 Å². The number of nitrogens with one attached hydrogen (secondary N) is 1. The van der Waals surface area contributed by atoms with E-state index in [1.807, 2.05) is 0 Å². The third kappa shape index (κ3) is 4.01. The van der Waals surface area contributed by atoms with E-state index in [9.17, 15) is 18.8 Å². The van der Waals surface area contributed by atoms with Crippen LogP contribution < -0.4 is 5.32 Å². The second-order valence-electron chi connectivity index (χ2n) is 4.96. The molecule has 1 amide bonds. The van der Waals surface area contributed by atoms with E-state index in [1.54, 1.807) is 16.8 Å². The van der Waals surface area contributed by atoms with Gasteiger partial charge >= 0.3 is 5.97 Å². The number of carbonyl (C=O) groups is 3. The Labute approximate surface area is 135 Å². The largest absolute Gasteiger partial charge is 0.481 e. The molecule has 0 aliphatic carbocycles. The standard InChI is InChI=1S/C16H14FNO4S/c1-9(16(21)22)13(14(19)11-6-7-23-8-11)18-15(20)10-2-4-12(17)5-3-10/h2-9,13H,1H3,(H,18,20)(H,21,22). The predicted molar refractivity (Wildman–Crippen MR) is 83.1 cm³/mol. The van der Waals surface area contributed by atoms with Gasteiger partial charge in [-0.05, 0) is 42.6 Å². The molecule has 0 saturated heterocycles. The lowest BCUT2D eigenvalue weighted by atomic mass is 9.94. The molecule has 5 nitrogen and oxygen atoms in total. The van der Waals surface area contributed by atoms with Crippen molar-refractivity contribution in [2.24, 2.45) is 5.92 Å². The molecule has 0 aliphatic heterocycles. The molecular formula is C16H14FNO4S. The summed E-state index contributed by atoms with van der Waals surface area (Å²) >= 11 is 1.30. The van der Waals surface area contributed by atoms with Gasteiger partial charge in [-0.3, -0.25) is 14.4 Å². The number of carboxylic acids is 1. The van der Waals surface area contributed by atoms with E-state index in [-0.39, 0.29) is 5.56 Å². The summed E-state index contributed by atoms with van der Waals surface area (Å²) in [4.78, 5) is 35.9. The SMILES string of the molecule is CC(C(=O)O)C(NC(=O)c1ccc(F)cc1)C(=O)c1ccsc1. The number of hydrogen-bond acceptors (Lipinski definition) is 4. The van der Waals surface area contributed by atoms with Crippen LogP contribution in [0.4, 0.5) is 4.39 Å².